The van der Waals surface area contributed by atoms with Gasteiger partial charge >= 0.3 is 0 Å². The predicted octanol–water partition coefficient (Wildman–Crippen LogP) is 3.61. The molecule has 2 aliphatic rings. The molecule has 0 spiro atoms. The van der Waals surface area contributed by atoms with Crippen molar-refractivity contribution in [2.45, 2.75) is 64.0 Å². The average Bonchev–Trinajstić information content (AvgIpc) is 2.63. The van der Waals surface area contributed by atoms with E-state index in [0.717, 1.165) is 44.6 Å². The number of para-hydroxylation sites is 1. The highest BCUT2D eigenvalue weighted by Crippen LogP contribution is 2.27. The molecule has 1 aliphatic carbocycles. The van der Waals surface area contributed by atoms with E-state index in [4.69, 9.17) is 4.74 Å². The number of amides is 1. The summed E-state index contributed by atoms with van der Waals surface area (Å²) in [5.74, 6) is 0.853. The van der Waals surface area contributed by atoms with Crippen LogP contribution in [0.25, 0.3) is 0 Å². The first kappa shape index (κ1) is 17.3. The molecule has 1 aromatic carbocycles. The molecule has 0 saturated heterocycles. The van der Waals surface area contributed by atoms with Crippen molar-refractivity contribution in [1.29, 1.82) is 0 Å². The van der Waals surface area contributed by atoms with Crippen LogP contribution in [0.1, 0.15) is 62.2 Å². The van der Waals surface area contributed by atoms with Crippen LogP contribution in [0.4, 0.5) is 0 Å². The average molecular weight is 330 g/mol. The Kier molecular flexibility index (Phi) is 6.13. The molecule has 1 amide bonds. The Labute approximate surface area is 145 Å². The van der Waals surface area contributed by atoms with Gasteiger partial charge in [0.1, 0.15) is 11.9 Å². The highest BCUT2D eigenvalue weighted by atomic mass is 16.5. The number of nitrogens with one attached hydrogen (secondary N) is 1. The lowest BCUT2D eigenvalue weighted by Crippen LogP contribution is -2.45. The molecule has 0 aromatic heterocycles. The number of rotatable bonds is 1. The van der Waals surface area contributed by atoms with E-state index in [1.807, 2.05) is 29.2 Å². The monoisotopic (exact) mass is 330 g/mol. The van der Waals surface area contributed by atoms with Gasteiger partial charge in [-0.1, -0.05) is 25.0 Å². The second kappa shape index (κ2) is 8.52. The third-order valence-corrected chi connectivity index (χ3v) is 5.28. The van der Waals surface area contributed by atoms with Gasteiger partial charge in [-0.2, -0.15) is 0 Å². The van der Waals surface area contributed by atoms with Crippen molar-refractivity contribution in [3.63, 3.8) is 0 Å². The van der Waals surface area contributed by atoms with Crippen LogP contribution in [0, 0.1) is 0 Å². The fourth-order valence-electron chi connectivity index (χ4n) is 3.85. The standard InChI is InChI=1S/C20H30N2O2/c1-2-22-15-9-3-8-14-21-17-11-5-7-13-19(17)24-18-12-6-4-10-16(18)20(22)23/h4,6,10,12,17,19,21H,2-3,5,7-9,11,13-15H2,1H3/t17-,19+/m1/s1. The van der Waals surface area contributed by atoms with Crippen molar-refractivity contribution >= 4 is 5.91 Å². The molecular weight excluding hydrogens is 300 g/mol. The molecule has 0 radical (unpaired) electrons. The number of carbonyl (C=O) groups excluding carboxylic acids is 1. The molecule has 1 fully saturated rings. The summed E-state index contributed by atoms with van der Waals surface area (Å²) in [6.45, 7) is 4.68. The summed E-state index contributed by atoms with van der Waals surface area (Å²) < 4.78 is 6.37. The van der Waals surface area contributed by atoms with E-state index < -0.39 is 0 Å². The Morgan fingerprint density at radius 3 is 2.83 bits per heavy atom. The minimum atomic E-state index is 0.104. The predicted molar refractivity (Wildman–Crippen MR) is 96.5 cm³/mol. The lowest BCUT2D eigenvalue weighted by Gasteiger charge is -2.33. The van der Waals surface area contributed by atoms with Gasteiger partial charge in [-0.15, -0.1) is 0 Å². The van der Waals surface area contributed by atoms with E-state index in [0.29, 0.717) is 11.6 Å². The molecule has 0 unspecified atom stereocenters. The Balaban J connectivity index is 1.87. The zero-order valence-electron chi connectivity index (χ0n) is 14.8. The Morgan fingerprint density at radius 2 is 1.96 bits per heavy atom. The van der Waals surface area contributed by atoms with E-state index in [2.05, 4.69) is 12.2 Å². The van der Waals surface area contributed by atoms with E-state index in [1.165, 1.54) is 25.7 Å². The second-order valence-electron chi connectivity index (χ2n) is 6.94. The van der Waals surface area contributed by atoms with Crippen molar-refractivity contribution in [3.8, 4) is 5.75 Å². The number of fused-ring (bicyclic) bond motifs is 2. The minimum absolute atomic E-state index is 0.104. The maximum atomic E-state index is 13.0. The first-order valence-corrected chi connectivity index (χ1v) is 9.58. The summed E-state index contributed by atoms with van der Waals surface area (Å²) in [7, 11) is 0. The lowest BCUT2D eigenvalue weighted by molar-refractivity contribution is 0.0746. The lowest BCUT2D eigenvalue weighted by atomic mass is 9.92. The van der Waals surface area contributed by atoms with Crippen LogP contribution in [-0.2, 0) is 0 Å². The van der Waals surface area contributed by atoms with Crippen LogP contribution in [0.5, 0.6) is 5.75 Å². The molecule has 1 aliphatic heterocycles. The van der Waals surface area contributed by atoms with Gasteiger partial charge in [-0.3, -0.25) is 4.79 Å². The molecule has 4 heteroatoms. The smallest absolute Gasteiger partial charge is 0.257 e. The van der Waals surface area contributed by atoms with Crippen LogP contribution in [0.3, 0.4) is 0 Å². The molecule has 1 N–H and O–H groups in total. The van der Waals surface area contributed by atoms with E-state index >= 15 is 0 Å². The van der Waals surface area contributed by atoms with Gasteiger partial charge in [0.05, 0.1) is 5.56 Å². The van der Waals surface area contributed by atoms with E-state index in [1.54, 1.807) is 0 Å². The van der Waals surface area contributed by atoms with Gasteiger partial charge in [0, 0.05) is 19.1 Å². The van der Waals surface area contributed by atoms with Crippen LogP contribution in [-0.4, -0.2) is 42.6 Å². The fourth-order valence-corrected chi connectivity index (χ4v) is 3.85. The van der Waals surface area contributed by atoms with Gasteiger partial charge in [-0.25, -0.2) is 0 Å². The normalized spacial score (nSPS) is 26.2. The number of hydrogen-bond acceptors (Lipinski definition) is 3. The Morgan fingerprint density at radius 1 is 1.12 bits per heavy atom. The maximum Gasteiger partial charge on any atom is 0.257 e. The first-order valence-electron chi connectivity index (χ1n) is 9.58. The van der Waals surface area contributed by atoms with Gasteiger partial charge in [0.2, 0.25) is 0 Å². The quantitative estimate of drug-likeness (QED) is 0.855. The third kappa shape index (κ3) is 4.10. The number of nitrogens with zero attached hydrogens (tertiary/aromatic N) is 1. The Hall–Kier alpha value is -1.55. The largest absolute Gasteiger partial charge is 0.488 e. The molecule has 1 aromatic rings. The van der Waals surface area contributed by atoms with Gasteiger partial charge in [0.15, 0.2) is 0 Å². The summed E-state index contributed by atoms with van der Waals surface area (Å²) in [4.78, 5) is 14.9. The maximum absolute atomic E-state index is 13.0. The molecule has 1 saturated carbocycles. The first-order chi connectivity index (χ1) is 11.8. The number of hydrogen-bond donors (Lipinski definition) is 1. The number of carbonyl (C=O) groups is 1. The van der Waals surface area contributed by atoms with E-state index in [-0.39, 0.29) is 12.0 Å². The zero-order valence-corrected chi connectivity index (χ0v) is 14.8. The minimum Gasteiger partial charge on any atom is -0.488 e. The molecule has 132 valence electrons. The van der Waals surface area contributed by atoms with Crippen molar-refractivity contribution in [2.24, 2.45) is 0 Å². The molecule has 2 atom stereocenters. The van der Waals surface area contributed by atoms with Crippen molar-refractivity contribution < 1.29 is 9.53 Å². The molecule has 3 rings (SSSR count). The zero-order chi connectivity index (χ0) is 16.8. The topological polar surface area (TPSA) is 41.6 Å². The molecule has 0 bridgehead atoms. The fraction of sp³-hybridized carbons (Fsp3) is 0.650. The van der Waals surface area contributed by atoms with Crippen LogP contribution < -0.4 is 10.1 Å². The molecule has 24 heavy (non-hydrogen) atoms. The summed E-state index contributed by atoms with van der Waals surface area (Å²) in [6, 6.07) is 8.16. The van der Waals surface area contributed by atoms with Crippen molar-refractivity contribution in [3.05, 3.63) is 29.8 Å². The highest BCUT2D eigenvalue weighted by molar-refractivity contribution is 5.96. The molecule has 4 nitrogen and oxygen atoms in total. The number of benzene rings is 1. The summed E-state index contributed by atoms with van der Waals surface area (Å²) >= 11 is 0. The van der Waals surface area contributed by atoms with Crippen LogP contribution in [0.15, 0.2) is 24.3 Å². The van der Waals surface area contributed by atoms with E-state index in [9.17, 15) is 4.79 Å². The van der Waals surface area contributed by atoms with Gasteiger partial charge in [0.25, 0.3) is 5.91 Å². The highest BCUT2D eigenvalue weighted by Gasteiger charge is 2.28. The summed E-state index contributed by atoms with van der Waals surface area (Å²) in [6.07, 6.45) is 8.28. The van der Waals surface area contributed by atoms with Crippen LogP contribution >= 0.6 is 0 Å². The van der Waals surface area contributed by atoms with Crippen LogP contribution in [0.2, 0.25) is 0 Å². The molecule has 1 heterocycles. The van der Waals surface area contributed by atoms with Crippen molar-refractivity contribution in [2.75, 3.05) is 19.6 Å². The number of ether oxygens (including phenoxy) is 1. The van der Waals surface area contributed by atoms with Gasteiger partial charge < -0.3 is 15.0 Å². The molecular formula is C20H30N2O2. The summed E-state index contributed by atoms with van der Waals surface area (Å²) in [5, 5.41) is 3.70. The van der Waals surface area contributed by atoms with Gasteiger partial charge in [-0.05, 0) is 57.7 Å². The summed E-state index contributed by atoms with van der Waals surface area (Å²) in [5.41, 5.74) is 0.711. The second-order valence-corrected chi connectivity index (χ2v) is 6.94. The SMILES string of the molecule is CCN1CCCCCN[C@@H]2CCCC[C@@H]2Oc2ccccc2C1=O. The van der Waals surface area contributed by atoms with Crippen molar-refractivity contribution in [1.82, 2.24) is 10.2 Å². The third-order valence-electron chi connectivity index (χ3n) is 5.28. The Bertz CT molecular complexity index is 546.